The molecule has 1 fully saturated rings. The monoisotopic (exact) mass is 497 g/mol. The maximum absolute atomic E-state index is 13.4. The van der Waals surface area contributed by atoms with E-state index in [-0.39, 0.29) is 17.9 Å². The highest BCUT2D eigenvalue weighted by Gasteiger charge is 2.30. The molecule has 1 saturated heterocycles. The Morgan fingerprint density at radius 2 is 1.69 bits per heavy atom. The van der Waals surface area contributed by atoms with Crippen LogP contribution in [-0.2, 0) is 27.7 Å². The van der Waals surface area contributed by atoms with Gasteiger partial charge in [0.2, 0.25) is 15.9 Å². The van der Waals surface area contributed by atoms with Gasteiger partial charge in [0.25, 0.3) is 5.91 Å². The predicted octanol–water partition coefficient (Wildman–Crippen LogP) is 4.20. The molecule has 2 amide bonds. The van der Waals surface area contributed by atoms with E-state index in [0.717, 1.165) is 42.4 Å². The molecule has 0 bridgehead atoms. The fourth-order valence-electron chi connectivity index (χ4n) is 5.12. The van der Waals surface area contributed by atoms with Gasteiger partial charge in [-0.05, 0) is 86.8 Å². The fourth-order valence-corrected chi connectivity index (χ4v) is 6.72. The number of sulfonamides is 1. The van der Waals surface area contributed by atoms with Gasteiger partial charge < -0.3 is 10.2 Å². The first-order valence-corrected chi connectivity index (χ1v) is 14.1. The smallest absolute Gasteiger partial charge is 0.255 e. The maximum atomic E-state index is 13.4. The van der Waals surface area contributed by atoms with Crippen molar-refractivity contribution in [2.24, 2.45) is 0 Å². The molecule has 0 aromatic heterocycles. The maximum Gasteiger partial charge on any atom is 0.255 e. The van der Waals surface area contributed by atoms with Gasteiger partial charge in [-0.2, -0.15) is 0 Å². The normalized spacial score (nSPS) is 16.6. The minimum Gasteiger partial charge on any atom is -0.343 e. The second kappa shape index (κ2) is 10.9. The Hall–Kier alpha value is -2.71. The van der Waals surface area contributed by atoms with Crippen molar-refractivity contribution in [2.45, 2.75) is 76.2 Å². The number of hydrogen-bond donors (Lipinski definition) is 2. The Labute approximate surface area is 208 Å². The van der Waals surface area contributed by atoms with Gasteiger partial charge in [0, 0.05) is 36.8 Å². The molecule has 35 heavy (non-hydrogen) atoms. The number of carbonyl (C=O) groups excluding carboxylic acids is 2. The van der Waals surface area contributed by atoms with Gasteiger partial charge in [-0.25, -0.2) is 13.1 Å². The number of nitrogens with zero attached hydrogens (tertiary/aromatic N) is 1. The Morgan fingerprint density at radius 1 is 1.00 bits per heavy atom. The van der Waals surface area contributed by atoms with E-state index >= 15 is 0 Å². The third-order valence-corrected chi connectivity index (χ3v) is 8.66. The number of piperidine rings is 1. The molecule has 7 nitrogen and oxygen atoms in total. The van der Waals surface area contributed by atoms with Gasteiger partial charge in [-0.1, -0.05) is 25.1 Å². The molecule has 0 spiro atoms. The van der Waals surface area contributed by atoms with E-state index in [9.17, 15) is 18.0 Å². The zero-order valence-electron chi connectivity index (χ0n) is 20.6. The van der Waals surface area contributed by atoms with Crippen LogP contribution in [-0.4, -0.2) is 44.3 Å². The number of rotatable bonds is 7. The van der Waals surface area contributed by atoms with E-state index in [2.05, 4.69) is 10.0 Å². The van der Waals surface area contributed by atoms with Crippen molar-refractivity contribution in [1.82, 2.24) is 9.62 Å². The van der Waals surface area contributed by atoms with Crippen molar-refractivity contribution in [2.75, 3.05) is 18.4 Å². The summed E-state index contributed by atoms with van der Waals surface area (Å²) in [4.78, 5) is 27.2. The average molecular weight is 498 g/mol. The second-order valence-electron chi connectivity index (χ2n) is 9.57. The third kappa shape index (κ3) is 5.76. The molecule has 1 heterocycles. The Bertz CT molecular complexity index is 1200. The van der Waals surface area contributed by atoms with Crippen LogP contribution < -0.4 is 10.0 Å². The molecule has 0 radical (unpaired) electrons. The third-order valence-electron chi connectivity index (χ3n) is 7.05. The number of nitrogens with one attached hydrogen (secondary N) is 2. The topological polar surface area (TPSA) is 95.6 Å². The first kappa shape index (κ1) is 25.4. The Balaban J connectivity index is 1.52. The van der Waals surface area contributed by atoms with Crippen molar-refractivity contribution < 1.29 is 18.0 Å². The van der Waals surface area contributed by atoms with Crippen LogP contribution in [0.1, 0.15) is 72.5 Å². The lowest BCUT2D eigenvalue weighted by molar-refractivity contribution is -0.132. The standard InChI is InChI=1S/C27H35N3O4S/c1-3-8-26(31)30-17-15-20(16-18-30)29-35(33,34)25-14-13-24(22-11-6-7-12-23(22)25)28-27(32)21-10-5-4-9-19(21)2/h4-5,9-10,13-14,20,29H,3,6-8,11-12,15-18H2,1-2H3,(H,28,32). The van der Waals surface area contributed by atoms with Gasteiger partial charge in [0.1, 0.15) is 0 Å². The molecule has 188 valence electrons. The summed E-state index contributed by atoms with van der Waals surface area (Å²) in [5.41, 5.74) is 3.92. The van der Waals surface area contributed by atoms with Crippen LogP contribution in [0.4, 0.5) is 5.69 Å². The molecule has 0 saturated carbocycles. The zero-order valence-corrected chi connectivity index (χ0v) is 21.4. The van der Waals surface area contributed by atoms with E-state index in [0.29, 0.717) is 54.9 Å². The highest BCUT2D eigenvalue weighted by atomic mass is 32.2. The number of aryl methyl sites for hydroxylation is 1. The van der Waals surface area contributed by atoms with E-state index in [1.54, 1.807) is 18.2 Å². The number of hydrogen-bond acceptors (Lipinski definition) is 4. The SMILES string of the molecule is CCCC(=O)N1CCC(NS(=O)(=O)c2ccc(NC(=O)c3ccccc3C)c3c2CCCC3)CC1. The summed E-state index contributed by atoms with van der Waals surface area (Å²) >= 11 is 0. The number of carbonyl (C=O) groups is 2. The van der Waals surface area contributed by atoms with Crippen molar-refractivity contribution >= 4 is 27.5 Å². The van der Waals surface area contributed by atoms with Crippen LogP contribution in [0.3, 0.4) is 0 Å². The van der Waals surface area contributed by atoms with E-state index in [1.165, 1.54) is 0 Å². The highest BCUT2D eigenvalue weighted by Crippen LogP contribution is 2.34. The summed E-state index contributed by atoms with van der Waals surface area (Å²) < 4.78 is 29.7. The van der Waals surface area contributed by atoms with Crippen LogP contribution >= 0.6 is 0 Å². The zero-order chi connectivity index (χ0) is 25.0. The van der Waals surface area contributed by atoms with Gasteiger partial charge in [0.15, 0.2) is 0 Å². The minimum absolute atomic E-state index is 0.145. The van der Waals surface area contributed by atoms with Crippen molar-refractivity contribution in [3.8, 4) is 0 Å². The van der Waals surface area contributed by atoms with Gasteiger partial charge in [-0.15, -0.1) is 0 Å². The van der Waals surface area contributed by atoms with Crippen molar-refractivity contribution in [3.63, 3.8) is 0 Å². The number of amides is 2. The molecular weight excluding hydrogens is 462 g/mol. The summed E-state index contributed by atoms with van der Waals surface area (Å²) in [6.07, 6.45) is 5.86. The summed E-state index contributed by atoms with van der Waals surface area (Å²) in [6.45, 7) is 5.04. The molecule has 2 N–H and O–H groups in total. The predicted molar refractivity (Wildman–Crippen MR) is 137 cm³/mol. The number of fused-ring (bicyclic) bond motifs is 1. The molecule has 8 heteroatoms. The van der Waals surface area contributed by atoms with Crippen LogP contribution in [0.15, 0.2) is 41.3 Å². The van der Waals surface area contributed by atoms with E-state index in [1.807, 2.05) is 36.9 Å². The molecule has 0 atom stereocenters. The van der Waals surface area contributed by atoms with Crippen LogP contribution in [0.25, 0.3) is 0 Å². The molecule has 2 aromatic rings. The molecular formula is C27H35N3O4S. The summed E-state index contributed by atoms with van der Waals surface area (Å²) in [6, 6.07) is 10.6. The number of likely N-dealkylation sites (tertiary alicyclic amines) is 1. The van der Waals surface area contributed by atoms with Gasteiger partial charge >= 0.3 is 0 Å². The lowest BCUT2D eigenvalue weighted by Gasteiger charge is -2.32. The molecule has 0 unspecified atom stereocenters. The number of benzene rings is 2. The number of anilines is 1. The molecule has 2 aliphatic rings. The lowest BCUT2D eigenvalue weighted by Crippen LogP contribution is -2.46. The van der Waals surface area contributed by atoms with Gasteiger partial charge in [-0.3, -0.25) is 9.59 Å². The molecule has 1 aliphatic heterocycles. The van der Waals surface area contributed by atoms with E-state index in [4.69, 9.17) is 0 Å². The molecule has 1 aliphatic carbocycles. The highest BCUT2D eigenvalue weighted by molar-refractivity contribution is 7.89. The first-order chi connectivity index (χ1) is 16.8. The van der Waals surface area contributed by atoms with Crippen molar-refractivity contribution in [1.29, 1.82) is 0 Å². The van der Waals surface area contributed by atoms with Crippen LogP contribution in [0.5, 0.6) is 0 Å². The van der Waals surface area contributed by atoms with Crippen LogP contribution in [0, 0.1) is 6.92 Å². The summed E-state index contributed by atoms with van der Waals surface area (Å²) in [7, 11) is -3.72. The Morgan fingerprint density at radius 3 is 2.37 bits per heavy atom. The lowest BCUT2D eigenvalue weighted by atomic mass is 9.90. The largest absolute Gasteiger partial charge is 0.343 e. The quantitative estimate of drug-likeness (QED) is 0.599. The fraction of sp³-hybridized carbons (Fsp3) is 0.481. The molecule has 2 aromatic carbocycles. The Kier molecular flexibility index (Phi) is 7.91. The average Bonchev–Trinajstić information content (AvgIpc) is 2.84. The summed E-state index contributed by atoms with van der Waals surface area (Å²) in [5, 5.41) is 3.02. The second-order valence-corrected chi connectivity index (χ2v) is 11.3. The van der Waals surface area contributed by atoms with Gasteiger partial charge in [0.05, 0.1) is 4.90 Å². The van der Waals surface area contributed by atoms with Crippen LogP contribution in [0.2, 0.25) is 0 Å². The minimum atomic E-state index is -3.72. The summed E-state index contributed by atoms with van der Waals surface area (Å²) in [5.74, 6) is -0.0415. The first-order valence-electron chi connectivity index (χ1n) is 12.6. The van der Waals surface area contributed by atoms with E-state index < -0.39 is 10.0 Å². The molecule has 4 rings (SSSR count). The van der Waals surface area contributed by atoms with Crippen molar-refractivity contribution in [3.05, 3.63) is 58.7 Å².